The lowest BCUT2D eigenvalue weighted by atomic mass is 10.1. The van der Waals surface area contributed by atoms with E-state index in [2.05, 4.69) is 23.1 Å². The standard InChI is InChI=1S/C18H21N3O3S/c1-4-12-7-5-6-8-14(12)19-18(25)21-20-17(22)13-9-10-15(23-2)16(11-13)24-3/h5-11H,4H2,1-3H3,(H,20,22)(H2,19,21,25). The summed E-state index contributed by atoms with van der Waals surface area (Å²) in [6.45, 7) is 2.07. The van der Waals surface area contributed by atoms with Gasteiger partial charge in [-0.15, -0.1) is 0 Å². The molecule has 2 aromatic rings. The van der Waals surface area contributed by atoms with Crippen molar-refractivity contribution < 1.29 is 14.3 Å². The van der Waals surface area contributed by atoms with E-state index in [1.807, 2.05) is 24.3 Å². The average molecular weight is 359 g/mol. The third-order valence-electron chi connectivity index (χ3n) is 3.58. The lowest BCUT2D eigenvalue weighted by Crippen LogP contribution is -2.43. The van der Waals surface area contributed by atoms with E-state index in [1.54, 1.807) is 18.2 Å². The van der Waals surface area contributed by atoms with Gasteiger partial charge in [0.15, 0.2) is 16.6 Å². The molecule has 3 N–H and O–H groups in total. The number of anilines is 1. The SMILES string of the molecule is CCc1ccccc1NC(=S)NNC(=O)c1ccc(OC)c(OC)c1. The van der Waals surface area contributed by atoms with Gasteiger partial charge in [-0.3, -0.25) is 15.6 Å². The lowest BCUT2D eigenvalue weighted by molar-refractivity contribution is 0.0944. The predicted octanol–water partition coefficient (Wildman–Crippen LogP) is 2.90. The number of nitrogens with one attached hydrogen (secondary N) is 3. The maximum Gasteiger partial charge on any atom is 0.269 e. The van der Waals surface area contributed by atoms with Gasteiger partial charge in [0, 0.05) is 11.3 Å². The molecule has 0 unspecified atom stereocenters. The second-order valence-electron chi connectivity index (χ2n) is 5.11. The van der Waals surface area contributed by atoms with Crippen LogP contribution in [0.3, 0.4) is 0 Å². The van der Waals surface area contributed by atoms with Gasteiger partial charge in [-0.05, 0) is 48.5 Å². The highest BCUT2D eigenvalue weighted by Gasteiger charge is 2.11. The maximum absolute atomic E-state index is 12.2. The van der Waals surface area contributed by atoms with E-state index >= 15 is 0 Å². The molecule has 0 saturated heterocycles. The Labute approximate surface area is 152 Å². The Morgan fingerprint density at radius 1 is 1.04 bits per heavy atom. The van der Waals surface area contributed by atoms with Crippen LogP contribution in [-0.4, -0.2) is 25.2 Å². The highest BCUT2D eigenvalue weighted by molar-refractivity contribution is 7.80. The monoisotopic (exact) mass is 359 g/mol. The van der Waals surface area contributed by atoms with Crippen molar-refractivity contribution in [1.82, 2.24) is 10.9 Å². The summed E-state index contributed by atoms with van der Waals surface area (Å²) >= 11 is 5.22. The smallest absolute Gasteiger partial charge is 0.269 e. The van der Waals surface area contributed by atoms with Gasteiger partial charge >= 0.3 is 0 Å². The van der Waals surface area contributed by atoms with Crippen molar-refractivity contribution in [3.8, 4) is 11.5 Å². The van der Waals surface area contributed by atoms with Gasteiger partial charge in [-0.25, -0.2) is 0 Å². The maximum atomic E-state index is 12.2. The molecule has 0 saturated carbocycles. The van der Waals surface area contributed by atoms with E-state index in [4.69, 9.17) is 21.7 Å². The number of ether oxygens (including phenoxy) is 2. The van der Waals surface area contributed by atoms with Crippen molar-refractivity contribution in [3.05, 3.63) is 53.6 Å². The topological polar surface area (TPSA) is 71.6 Å². The Morgan fingerprint density at radius 3 is 2.44 bits per heavy atom. The molecule has 0 radical (unpaired) electrons. The number of carbonyl (C=O) groups excluding carboxylic acids is 1. The molecule has 6 nitrogen and oxygen atoms in total. The third kappa shape index (κ3) is 4.84. The summed E-state index contributed by atoms with van der Waals surface area (Å²) in [6.07, 6.45) is 0.879. The Balaban J connectivity index is 1.96. The highest BCUT2D eigenvalue weighted by Crippen LogP contribution is 2.27. The minimum atomic E-state index is -0.339. The second kappa shape index (κ2) is 8.89. The van der Waals surface area contributed by atoms with Crippen LogP contribution in [0.15, 0.2) is 42.5 Å². The fraction of sp³-hybridized carbons (Fsp3) is 0.222. The van der Waals surface area contributed by atoms with Crippen molar-refractivity contribution in [2.45, 2.75) is 13.3 Å². The summed E-state index contributed by atoms with van der Waals surface area (Å²) < 4.78 is 10.3. The molecule has 1 amide bonds. The van der Waals surface area contributed by atoms with E-state index in [9.17, 15) is 4.79 Å². The largest absolute Gasteiger partial charge is 0.493 e. The normalized spacial score (nSPS) is 9.88. The first-order valence-corrected chi connectivity index (χ1v) is 8.17. The first kappa shape index (κ1) is 18.5. The minimum Gasteiger partial charge on any atom is -0.493 e. The molecule has 7 heteroatoms. The summed E-state index contributed by atoms with van der Waals surface area (Å²) in [5.41, 5.74) is 7.71. The molecule has 0 bridgehead atoms. The number of benzene rings is 2. The number of methoxy groups -OCH3 is 2. The second-order valence-corrected chi connectivity index (χ2v) is 5.52. The van der Waals surface area contributed by atoms with Gasteiger partial charge in [0.2, 0.25) is 0 Å². The molecule has 0 spiro atoms. The number of hydrogen-bond acceptors (Lipinski definition) is 4. The van der Waals surface area contributed by atoms with E-state index in [0.717, 1.165) is 17.7 Å². The Bertz CT molecular complexity index is 765. The zero-order valence-electron chi connectivity index (χ0n) is 14.4. The zero-order chi connectivity index (χ0) is 18.2. The van der Waals surface area contributed by atoms with Crippen LogP contribution in [0.5, 0.6) is 11.5 Å². The van der Waals surface area contributed by atoms with E-state index in [-0.39, 0.29) is 5.91 Å². The zero-order valence-corrected chi connectivity index (χ0v) is 15.2. The van der Waals surface area contributed by atoms with Crippen LogP contribution in [0, 0.1) is 0 Å². The fourth-order valence-corrected chi connectivity index (χ4v) is 2.43. The van der Waals surface area contributed by atoms with Gasteiger partial charge in [0.05, 0.1) is 14.2 Å². The quantitative estimate of drug-likeness (QED) is 0.563. The molecular formula is C18H21N3O3S. The molecule has 0 aromatic heterocycles. The van der Waals surface area contributed by atoms with Gasteiger partial charge < -0.3 is 14.8 Å². The number of carbonyl (C=O) groups is 1. The van der Waals surface area contributed by atoms with Crippen LogP contribution in [-0.2, 0) is 6.42 Å². The molecule has 0 heterocycles. The van der Waals surface area contributed by atoms with E-state index in [1.165, 1.54) is 14.2 Å². The first-order valence-electron chi connectivity index (χ1n) is 7.76. The molecule has 2 aromatic carbocycles. The van der Waals surface area contributed by atoms with Gasteiger partial charge in [0.1, 0.15) is 0 Å². The molecule has 25 heavy (non-hydrogen) atoms. The molecule has 0 atom stereocenters. The van der Waals surface area contributed by atoms with Crippen LogP contribution >= 0.6 is 12.2 Å². The summed E-state index contributed by atoms with van der Waals surface area (Å²) in [4.78, 5) is 12.2. The van der Waals surface area contributed by atoms with E-state index < -0.39 is 0 Å². The molecule has 0 aliphatic heterocycles. The van der Waals surface area contributed by atoms with Crippen LogP contribution in [0.1, 0.15) is 22.8 Å². The van der Waals surface area contributed by atoms with E-state index in [0.29, 0.717) is 22.2 Å². The highest BCUT2D eigenvalue weighted by atomic mass is 32.1. The van der Waals surface area contributed by atoms with Crippen molar-refractivity contribution in [2.24, 2.45) is 0 Å². The first-order chi connectivity index (χ1) is 12.1. The van der Waals surface area contributed by atoms with Gasteiger partial charge in [-0.1, -0.05) is 25.1 Å². The number of aryl methyl sites for hydroxylation is 1. The number of amides is 1. The fourth-order valence-electron chi connectivity index (χ4n) is 2.27. The predicted molar refractivity (Wildman–Crippen MR) is 102 cm³/mol. The number of hydrazine groups is 1. The minimum absolute atomic E-state index is 0.301. The van der Waals surface area contributed by atoms with Crippen molar-refractivity contribution in [1.29, 1.82) is 0 Å². The van der Waals surface area contributed by atoms with Crippen LogP contribution in [0.25, 0.3) is 0 Å². The molecule has 2 rings (SSSR count). The molecule has 0 aliphatic carbocycles. The Kier molecular flexibility index (Phi) is 6.59. The van der Waals surface area contributed by atoms with Crippen molar-refractivity contribution >= 4 is 28.9 Å². The average Bonchev–Trinajstić information content (AvgIpc) is 2.65. The number of para-hydroxylation sites is 1. The lowest BCUT2D eigenvalue weighted by Gasteiger charge is -2.14. The molecule has 132 valence electrons. The van der Waals surface area contributed by atoms with Crippen LogP contribution in [0.2, 0.25) is 0 Å². The summed E-state index contributed by atoms with van der Waals surface area (Å²) in [5, 5.41) is 3.37. The van der Waals surface area contributed by atoms with Crippen LogP contribution < -0.4 is 25.6 Å². The van der Waals surface area contributed by atoms with Crippen LogP contribution in [0.4, 0.5) is 5.69 Å². The number of thiocarbonyl (C=S) groups is 1. The molecule has 0 aliphatic rings. The van der Waals surface area contributed by atoms with Gasteiger partial charge in [-0.2, -0.15) is 0 Å². The number of hydrogen-bond donors (Lipinski definition) is 3. The Morgan fingerprint density at radius 2 is 1.76 bits per heavy atom. The summed E-state index contributed by atoms with van der Waals surface area (Å²) in [6, 6.07) is 12.8. The molecular weight excluding hydrogens is 338 g/mol. The van der Waals surface area contributed by atoms with Crippen molar-refractivity contribution in [2.75, 3.05) is 19.5 Å². The summed E-state index contributed by atoms with van der Waals surface area (Å²) in [7, 11) is 3.05. The third-order valence-corrected chi connectivity index (χ3v) is 3.79. The number of rotatable bonds is 5. The van der Waals surface area contributed by atoms with Gasteiger partial charge in [0.25, 0.3) is 5.91 Å². The Hall–Kier alpha value is -2.80. The molecule has 0 fully saturated rings. The summed E-state index contributed by atoms with van der Waals surface area (Å²) in [5.74, 6) is 0.696. The van der Waals surface area contributed by atoms with Crippen molar-refractivity contribution in [3.63, 3.8) is 0 Å².